The van der Waals surface area contributed by atoms with Gasteiger partial charge in [-0.25, -0.2) is 0 Å². The Hall–Kier alpha value is -2.68. The van der Waals surface area contributed by atoms with Crippen molar-refractivity contribution in [3.05, 3.63) is 77.1 Å². The summed E-state index contributed by atoms with van der Waals surface area (Å²) in [5, 5.41) is 0. The summed E-state index contributed by atoms with van der Waals surface area (Å²) in [6.45, 7) is 2.09. The molecule has 2 heterocycles. The topological polar surface area (TPSA) is 38.5 Å². The van der Waals surface area contributed by atoms with Gasteiger partial charge in [-0.05, 0) is 24.1 Å². The molecule has 0 unspecified atom stereocenters. The molecule has 0 aliphatic rings. The minimum atomic E-state index is 0.0231. The standard InChI is InChI=1S/C20H19NO2/c1-2-8-16-17(12-14-22)21-13-7-6-11-18(21)19(16)20(23)15-9-4-3-5-10-15/h3-7,9-11,13-14H,2,8,12H2,1H3. The van der Waals surface area contributed by atoms with Crippen LogP contribution in [-0.4, -0.2) is 16.5 Å². The van der Waals surface area contributed by atoms with Gasteiger partial charge in [0.05, 0.1) is 11.1 Å². The van der Waals surface area contributed by atoms with E-state index < -0.39 is 0 Å². The molecule has 0 saturated carbocycles. The van der Waals surface area contributed by atoms with Crippen LogP contribution in [0.3, 0.4) is 0 Å². The molecule has 0 aliphatic heterocycles. The predicted molar refractivity (Wildman–Crippen MR) is 91.0 cm³/mol. The number of fused-ring (bicyclic) bond motifs is 1. The first-order valence-corrected chi connectivity index (χ1v) is 7.92. The maximum Gasteiger partial charge on any atom is 0.195 e. The average molecular weight is 305 g/mol. The molecule has 23 heavy (non-hydrogen) atoms. The molecule has 0 N–H and O–H groups in total. The van der Waals surface area contributed by atoms with Crippen molar-refractivity contribution in [1.29, 1.82) is 0 Å². The van der Waals surface area contributed by atoms with E-state index in [-0.39, 0.29) is 5.78 Å². The second-order valence-electron chi connectivity index (χ2n) is 5.57. The van der Waals surface area contributed by atoms with Crippen molar-refractivity contribution >= 4 is 17.6 Å². The van der Waals surface area contributed by atoms with Gasteiger partial charge in [0.1, 0.15) is 6.29 Å². The highest BCUT2D eigenvalue weighted by molar-refractivity contribution is 6.14. The minimum Gasteiger partial charge on any atom is -0.319 e. The van der Waals surface area contributed by atoms with Gasteiger partial charge in [-0.3, -0.25) is 4.79 Å². The Labute approximate surface area is 135 Å². The lowest BCUT2D eigenvalue weighted by molar-refractivity contribution is -0.107. The normalized spacial score (nSPS) is 10.8. The molecule has 0 bridgehead atoms. The van der Waals surface area contributed by atoms with Crippen LogP contribution in [0.4, 0.5) is 0 Å². The van der Waals surface area contributed by atoms with Crippen molar-refractivity contribution in [2.75, 3.05) is 0 Å². The van der Waals surface area contributed by atoms with Gasteiger partial charge in [-0.2, -0.15) is 0 Å². The van der Waals surface area contributed by atoms with E-state index in [1.807, 2.05) is 59.1 Å². The molecule has 0 amide bonds. The number of benzene rings is 1. The molecule has 3 aromatic rings. The molecule has 3 nitrogen and oxygen atoms in total. The first-order valence-electron chi connectivity index (χ1n) is 7.92. The number of aldehydes is 1. The van der Waals surface area contributed by atoms with Gasteiger partial charge in [0.25, 0.3) is 0 Å². The summed E-state index contributed by atoms with van der Waals surface area (Å²) < 4.78 is 1.98. The molecule has 3 heteroatoms. The van der Waals surface area contributed by atoms with E-state index in [2.05, 4.69) is 6.92 Å². The zero-order valence-corrected chi connectivity index (χ0v) is 13.2. The van der Waals surface area contributed by atoms with Gasteiger partial charge in [-0.15, -0.1) is 0 Å². The first kappa shape index (κ1) is 15.2. The second kappa shape index (κ2) is 6.61. The second-order valence-corrected chi connectivity index (χ2v) is 5.57. The lowest BCUT2D eigenvalue weighted by Gasteiger charge is -2.05. The zero-order valence-electron chi connectivity index (χ0n) is 13.2. The highest BCUT2D eigenvalue weighted by Crippen LogP contribution is 2.28. The molecule has 0 fully saturated rings. The third-order valence-electron chi connectivity index (χ3n) is 4.10. The number of hydrogen-bond donors (Lipinski definition) is 0. The highest BCUT2D eigenvalue weighted by Gasteiger charge is 2.23. The number of pyridine rings is 1. The zero-order chi connectivity index (χ0) is 16.2. The molecular weight excluding hydrogens is 286 g/mol. The largest absolute Gasteiger partial charge is 0.319 e. The fourth-order valence-electron chi connectivity index (χ4n) is 3.13. The Kier molecular flexibility index (Phi) is 4.38. The predicted octanol–water partition coefficient (Wildman–Crippen LogP) is 3.86. The molecule has 1 aromatic carbocycles. The van der Waals surface area contributed by atoms with Crippen molar-refractivity contribution in [2.45, 2.75) is 26.2 Å². The van der Waals surface area contributed by atoms with Crippen LogP contribution in [0.15, 0.2) is 54.7 Å². The maximum atomic E-state index is 13.1. The number of nitrogens with zero attached hydrogens (tertiary/aromatic N) is 1. The third-order valence-corrected chi connectivity index (χ3v) is 4.10. The summed E-state index contributed by atoms with van der Waals surface area (Å²) >= 11 is 0. The van der Waals surface area contributed by atoms with Crippen molar-refractivity contribution < 1.29 is 9.59 Å². The van der Waals surface area contributed by atoms with Gasteiger partial charge in [0.2, 0.25) is 0 Å². The summed E-state index contributed by atoms with van der Waals surface area (Å²) in [6, 6.07) is 15.1. The average Bonchev–Trinajstić information content (AvgIpc) is 2.90. The summed E-state index contributed by atoms with van der Waals surface area (Å²) in [5.41, 5.74) is 4.22. The van der Waals surface area contributed by atoms with Gasteiger partial charge < -0.3 is 9.20 Å². The van der Waals surface area contributed by atoms with Crippen LogP contribution in [0, 0.1) is 0 Å². The Morgan fingerprint density at radius 3 is 2.52 bits per heavy atom. The Morgan fingerprint density at radius 2 is 1.83 bits per heavy atom. The molecule has 116 valence electrons. The van der Waals surface area contributed by atoms with E-state index >= 15 is 0 Å². The van der Waals surface area contributed by atoms with Gasteiger partial charge >= 0.3 is 0 Å². The van der Waals surface area contributed by atoms with E-state index in [9.17, 15) is 9.59 Å². The number of carbonyl (C=O) groups is 2. The monoisotopic (exact) mass is 305 g/mol. The highest BCUT2D eigenvalue weighted by atomic mass is 16.1. The van der Waals surface area contributed by atoms with Crippen molar-refractivity contribution in [3.63, 3.8) is 0 Å². The van der Waals surface area contributed by atoms with Crippen LogP contribution in [0.25, 0.3) is 5.52 Å². The summed E-state index contributed by atoms with van der Waals surface area (Å²) in [5.74, 6) is 0.0231. The Balaban J connectivity index is 2.28. The van der Waals surface area contributed by atoms with E-state index in [1.54, 1.807) is 0 Å². The van der Waals surface area contributed by atoms with E-state index in [1.165, 1.54) is 0 Å². The van der Waals surface area contributed by atoms with Gasteiger partial charge in [0.15, 0.2) is 5.78 Å². The van der Waals surface area contributed by atoms with E-state index in [0.29, 0.717) is 12.0 Å². The molecular formula is C20H19NO2. The summed E-state index contributed by atoms with van der Waals surface area (Å²) in [6.07, 6.45) is 4.87. The van der Waals surface area contributed by atoms with Crippen LogP contribution < -0.4 is 0 Å². The first-order chi connectivity index (χ1) is 11.3. The van der Waals surface area contributed by atoms with Crippen molar-refractivity contribution in [3.8, 4) is 0 Å². The lowest BCUT2D eigenvalue weighted by Crippen LogP contribution is -2.05. The molecule has 2 aromatic heterocycles. The molecule has 3 rings (SSSR count). The fourth-order valence-corrected chi connectivity index (χ4v) is 3.13. The van der Waals surface area contributed by atoms with Crippen LogP contribution in [0.2, 0.25) is 0 Å². The Morgan fingerprint density at radius 1 is 1.09 bits per heavy atom. The van der Waals surface area contributed by atoms with Crippen molar-refractivity contribution in [2.24, 2.45) is 0 Å². The SMILES string of the molecule is CCCc1c(C(=O)c2ccccc2)c2ccccn2c1CC=O. The minimum absolute atomic E-state index is 0.0231. The smallest absolute Gasteiger partial charge is 0.195 e. The molecule has 0 saturated heterocycles. The van der Waals surface area contributed by atoms with Crippen LogP contribution in [0.1, 0.15) is 40.5 Å². The number of rotatable bonds is 6. The van der Waals surface area contributed by atoms with E-state index in [0.717, 1.165) is 41.5 Å². The number of carbonyl (C=O) groups excluding carboxylic acids is 2. The molecule has 0 spiro atoms. The van der Waals surface area contributed by atoms with Gasteiger partial charge in [0, 0.05) is 23.9 Å². The van der Waals surface area contributed by atoms with Crippen molar-refractivity contribution in [1.82, 2.24) is 4.40 Å². The molecule has 0 atom stereocenters. The Bertz CT molecular complexity index is 847. The van der Waals surface area contributed by atoms with Crippen LogP contribution >= 0.6 is 0 Å². The quantitative estimate of drug-likeness (QED) is 0.512. The fraction of sp³-hybridized carbons (Fsp3) is 0.200. The summed E-state index contributed by atoms with van der Waals surface area (Å²) in [4.78, 5) is 24.2. The molecule has 0 radical (unpaired) electrons. The third kappa shape index (κ3) is 2.70. The lowest BCUT2D eigenvalue weighted by atomic mass is 9.96. The van der Waals surface area contributed by atoms with E-state index in [4.69, 9.17) is 0 Å². The number of ketones is 1. The number of aromatic nitrogens is 1. The number of hydrogen-bond acceptors (Lipinski definition) is 2. The van der Waals surface area contributed by atoms with Gasteiger partial charge in [-0.1, -0.05) is 49.7 Å². The van der Waals surface area contributed by atoms with Crippen LogP contribution in [-0.2, 0) is 17.6 Å². The maximum absolute atomic E-state index is 13.1. The summed E-state index contributed by atoms with van der Waals surface area (Å²) in [7, 11) is 0. The molecule has 0 aliphatic carbocycles. The van der Waals surface area contributed by atoms with Crippen LogP contribution in [0.5, 0.6) is 0 Å².